The minimum absolute atomic E-state index is 0.342. The molecule has 0 fully saturated rings. The minimum atomic E-state index is -0.898. The summed E-state index contributed by atoms with van der Waals surface area (Å²) in [4.78, 5) is 24.8. The Labute approximate surface area is 175 Å². The smallest absolute Gasteiger partial charge is 0.337 e. The number of hydrogen-bond donors (Lipinski definition) is 1. The van der Waals surface area contributed by atoms with Gasteiger partial charge in [-0.15, -0.1) is 0 Å². The largest absolute Gasteiger partial charge is 0.492 e. The SMILES string of the molecule is CCOc1ccccc1NC(=O)[C@H](Oc1ccc(C(=O)OC)cc1)c1ccccc1. The van der Waals surface area contributed by atoms with Crippen molar-refractivity contribution in [2.24, 2.45) is 0 Å². The molecule has 0 aliphatic heterocycles. The second kappa shape index (κ2) is 10.1. The Hall–Kier alpha value is -3.80. The lowest BCUT2D eigenvalue weighted by Crippen LogP contribution is -2.26. The van der Waals surface area contributed by atoms with Gasteiger partial charge in [0, 0.05) is 5.56 Å². The summed E-state index contributed by atoms with van der Waals surface area (Å²) in [5.74, 6) is 0.254. The summed E-state index contributed by atoms with van der Waals surface area (Å²) in [6, 6.07) is 22.9. The molecule has 6 nitrogen and oxygen atoms in total. The fourth-order valence-electron chi connectivity index (χ4n) is 2.87. The zero-order valence-corrected chi connectivity index (χ0v) is 16.8. The fourth-order valence-corrected chi connectivity index (χ4v) is 2.87. The molecule has 0 saturated carbocycles. The highest BCUT2D eigenvalue weighted by Crippen LogP contribution is 2.28. The number of methoxy groups -OCH3 is 1. The molecule has 3 rings (SSSR count). The lowest BCUT2D eigenvalue weighted by molar-refractivity contribution is -0.123. The second-order valence-corrected chi connectivity index (χ2v) is 6.34. The first-order valence-electron chi connectivity index (χ1n) is 9.55. The van der Waals surface area contributed by atoms with E-state index in [0.29, 0.717) is 34.9 Å². The van der Waals surface area contributed by atoms with E-state index in [1.807, 2.05) is 49.4 Å². The standard InChI is InChI=1S/C24H23NO5/c1-3-29-21-12-8-7-11-20(21)25-23(26)22(17-9-5-4-6-10-17)30-19-15-13-18(14-16-19)24(27)28-2/h4-16,22H,3H2,1-2H3,(H,25,26)/t22-/m1/s1. The van der Waals surface area contributed by atoms with Crippen LogP contribution in [0.25, 0.3) is 0 Å². The van der Waals surface area contributed by atoms with Gasteiger partial charge in [-0.25, -0.2) is 4.79 Å². The Morgan fingerprint density at radius 1 is 0.900 bits per heavy atom. The molecule has 1 amide bonds. The normalized spacial score (nSPS) is 11.3. The number of benzene rings is 3. The Morgan fingerprint density at radius 3 is 2.23 bits per heavy atom. The Kier molecular flexibility index (Phi) is 7.05. The summed E-state index contributed by atoms with van der Waals surface area (Å²) in [6.07, 6.45) is -0.898. The molecule has 30 heavy (non-hydrogen) atoms. The van der Waals surface area contributed by atoms with Crippen molar-refractivity contribution in [3.8, 4) is 11.5 Å². The van der Waals surface area contributed by atoms with Crippen LogP contribution in [-0.4, -0.2) is 25.6 Å². The number of ether oxygens (including phenoxy) is 3. The zero-order chi connectivity index (χ0) is 21.3. The first-order valence-corrected chi connectivity index (χ1v) is 9.55. The van der Waals surface area contributed by atoms with Gasteiger partial charge in [0.05, 0.1) is 25.0 Å². The van der Waals surface area contributed by atoms with Crippen LogP contribution in [0.2, 0.25) is 0 Å². The molecule has 0 aliphatic rings. The molecule has 0 aromatic heterocycles. The number of para-hydroxylation sites is 2. The highest BCUT2D eigenvalue weighted by Gasteiger charge is 2.24. The van der Waals surface area contributed by atoms with E-state index in [4.69, 9.17) is 14.2 Å². The van der Waals surface area contributed by atoms with Gasteiger partial charge in [0.1, 0.15) is 11.5 Å². The summed E-state index contributed by atoms with van der Waals surface area (Å²) in [5.41, 5.74) is 1.66. The number of rotatable bonds is 8. The lowest BCUT2D eigenvalue weighted by atomic mass is 10.1. The van der Waals surface area contributed by atoms with Crippen LogP contribution in [0.15, 0.2) is 78.9 Å². The van der Waals surface area contributed by atoms with Crippen molar-refractivity contribution in [2.45, 2.75) is 13.0 Å². The number of esters is 1. The molecule has 154 valence electrons. The number of carbonyl (C=O) groups excluding carboxylic acids is 2. The average Bonchev–Trinajstić information content (AvgIpc) is 2.79. The van der Waals surface area contributed by atoms with Crippen molar-refractivity contribution in [1.29, 1.82) is 0 Å². The van der Waals surface area contributed by atoms with Gasteiger partial charge in [0.2, 0.25) is 6.10 Å². The molecule has 0 saturated heterocycles. The van der Waals surface area contributed by atoms with E-state index in [2.05, 4.69) is 5.32 Å². The monoisotopic (exact) mass is 405 g/mol. The van der Waals surface area contributed by atoms with Crippen LogP contribution in [0.5, 0.6) is 11.5 Å². The third-order valence-corrected chi connectivity index (χ3v) is 4.31. The van der Waals surface area contributed by atoms with Crippen molar-refractivity contribution in [2.75, 3.05) is 19.0 Å². The molecule has 0 unspecified atom stereocenters. The van der Waals surface area contributed by atoms with E-state index in [-0.39, 0.29) is 5.91 Å². The molecule has 3 aromatic carbocycles. The quantitative estimate of drug-likeness (QED) is 0.553. The van der Waals surface area contributed by atoms with Crippen molar-refractivity contribution < 1.29 is 23.8 Å². The molecule has 1 atom stereocenters. The molecular weight excluding hydrogens is 382 g/mol. The van der Waals surface area contributed by atoms with E-state index in [9.17, 15) is 9.59 Å². The summed E-state index contributed by atoms with van der Waals surface area (Å²) in [6.45, 7) is 2.37. The van der Waals surface area contributed by atoms with Gasteiger partial charge in [-0.1, -0.05) is 42.5 Å². The van der Waals surface area contributed by atoms with Crippen LogP contribution in [-0.2, 0) is 9.53 Å². The van der Waals surface area contributed by atoms with Crippen LogP contribution in [0.4, 0.5) is 5.69 Å². The van der Waals surface area contributed by atoms with Crippen LogP contribution < -0.4 is 14.8 Å². The summed E-state index contributed by atoms with van der Waals surface area (Å²) >= 11 is 0. The average molecular weight is 405 g/mol. The minimum Gasteiger partial charge on any atom is -0.492 e. The van der Waals surface area contributed by atoms with E-state index in [0.717, 1.165) is 0 Å². The van der Waals surface area contributed by atoms with Crippen molar-refractivity contribution in [3.63, 3.8) is 0 Å². The van der Waals surface area contributed by atoms with Gasteiger partial charge in [0.15, 0.2) is 0 Å². The number of nitrogens with one attached hydrogen (secondary N) is 1. The van der Waals surface area contributed by atoms with Gasteiger partial charge < -0.3 is 19.5 Å². The van der Waals surface area contributed by atoms with Gasteiger partial charge in [0.25, 0.3) is 5.91 Å². The molecule has 0 radical (unpaired) electrons. The third kappa shape index (κ3) is 5.17. The van der Waals surface area contributed by atoms with Gasteiger partial charge in [-0.2, -0.15) is 0 Å². The molecule has 0 aliphatic carbocycles. The molecule has 3 aromatic rings. The lowest BCUT2D eigenvalue weighted by Gasteiger charge is -2.20. The maximum atomic E-state index is 13.1. The maximum Gasteiger partial charge on any atom is 0.337 e. The second-order valence-electron chi connectivity index (χ2n) is 6.34. The highest BCUT2D eigenvalue weighted by atomic mass is 16.5. The fraction of sp³-hybridized carbons (Fsp3) is 0.167. The topological polar surface area (TPSA) is 73.9 Å². The number of anilines is 1. The molecule has 0 heterocycles. The van der Waals surface area contributed by atoms with Gasteiger partial charge in [-0.05, 0) is 43.3 Å². The van der Waals surface area contributed by atoms with E-state index in [1.54, 1.807) is 36.4 Å². The Morgan fingerprint density at radius 2 is 1.57 bits per heavy atom. The molecule has 0 spiro atoms. The van der Waals surface area contributed by atoms with Crippen molar-refractivity contribution >= 4 is 17.6 Å². The number of amides is 1. The summed E-state index contributed by atoms with van der Waals surface area (Å²) in [7, 11) is 1.32. The summed E-state index contributed by atoms with van der Waals surface area (Å²) < 4.78 is 16.3. The van der Waals surface area contributed by atoms with E-state index in [1.165, 1.54) is 7.11 Å². The van der Waals surface area contributed by atoms with Gasteiger partial charge >= 0.3 is 5.97 Å². The molecular formula is C24H23NO5. The Bertz CT molecular complexity index is 986. The predicted octanol–water partition coefficient (Wildman–Crippen LogP) is 4.63. The van der Waals surface area contributed by atoms with Crippen molar-refractivity contribution in [3.05, 3.63) is 90.0 Å². The third-order valence-electron chi connectivity index (χ3n) is 4.31. The summed E-state index contributed by atoms with van der Waals surface area (Å²) in [5, 5.41) is 2.89. The first-order chi connectivity index (χ1) is 14.6. The van der Waals surface area contributed by atoms with Crippen LogP contribution in [0.3, 0.4) is 0 Å². The number of hydrogen-bond acceptors (Lipinski definition) is 5. The number of carbonyl (C=O) groups is 2. The van der Waals surface area contributed by atoms with Crippen LogP contribution in [0.1, 0.15) is 28.9 Å². The van der Waals surface area contributed by atoms with E-state index < -0.39 is 12.1 Å². The van der Waals surface area contributed by atoms with E-state index >= 15 is 0 Å². The van der Waals surface area contributed by atoms with Crippen LogP contribution >= 0.6 is 0 Å². The van der Waals surface area contributed by atoms with Crippen LogP contribution in [0, 0.1) is 0 Å². The zero-order valence-electron chi connectivity index (χ0n) is 16.8. The predicted molar refractivity (Wildman–Crippen MR) is 114 cm³/mol. The van der Waals surface area contributed by atoms with Gasteiger partial charge in [-0.3, -0.25) is 4.79 Å². The highest BCUT2D eigenvalue weighted by molar-refractivity contribution is 5.96. The maximum absolute atomic E-state index is 13.1. The molecule has 1 N–H and O–H groups in total. The Balaban J connectivity index is 1.85. The molecule has 0 bridgehead atoms. The van der Waals surface area contributed by atoms with Crippen molar-refractivity contribution in [1.82, 2.24) is 0 Å². The first kappa shape index (κ1) is 20.9. The molecule has 6 heteroatoms.